The van der Waals surface area contributed by atoms with Gasteiger partial charge in [0.05, 0.1) is 17.6 Å². The molecule has 0 bridgehead atoms. The van der Waals surface area contributed by atoms with Crippen molar-refractivity contribution in [3.05, 3.63) is 35.9 Å². The lowest BCUT2D eigenvalue weighted by atomic mass is 10.1. The Bertz CT molecular complexity index is 699. The molecular formula is C14H16FN5S. The Morgan fingerprint density at radius 3 is 2.76 bits per heavy atom. The van der Waals surface area contributed by atoms with E-state index in [0.717, 1.165) is 10.8 Å². The molecule has 7 heteroatoms. The maximum absolute atomic E-state index is 13.7. The number of thiocarbonyl (C=S) groups is 1. The van der Waals surface area contributed by atoms with E-state index in [0.29, 0.717) is 16.5 Å². The van der Waals surface area contributed by atoms with Gasteiger partial charge in [-0.05, 0) is 30.4 Å². The van der Waals surface area contributed by atoms with E-state index in [1.165, 1.54) is 6.07 Å². The summed E-state index contributed by atoms with van der Waals surface area (Å²) in [5, 5.41) is 8.98. The average molecular weight is 305 g/mol. The molecule has 1 aromatic carbocycles. The van der Waals surface area contributed by atoms with E-state index < -0.39 is 0 Å². The van der Waals surface area contributed by atoms with Crippen LogP contribution < -0.4 is 10.7 Å². The van der Waals surface area contributed by atoms with Crippen molar-refractivity contribution in [2.24, 2.45) is 5.10 Å². The number of aromatic nitrogens is 1. The smallest absolute Gasteiger partial charge is 0.189 e. The minimum atomic E-state index is -0.300. The molecule has 1 heterocycles. The molecule has 0 amide bonds. The van der Waals surface area contributed by atoms with Gasteiger partial charge in [0, 0.05) is 38.1 Å². The van der Waals surface area contributed by atoms with E-state index in [1.807, 2.05) is 14.1 Å². The lowest BCUT2D eigenvalue weighted by molar-refractivity contribution is 0.606. The highest BCUT2D eigenvalue weighted by Gasteiger charge is 2.08. The first-order valence-corrected chi connectivity index (χ1v) is 6.70. The molecule has 0 aliphatic rings. The fraction of sp³-hybridized carbons (Fsp3) is 0.214. The standard InChI is InChI=1S/C14H16FN5S/c1-16-13-10-6-7-17-12(9(10)4-5-11(13)15)8-18-19-14(21)20(2)3/h4-8,16H,1-3H3,(H,19,21)/b18-8-. The number of hydrogen-bond donors (Lipinski definition) is 2. The summed E-state index contributed by atoms with van der Waals surface area (Å²) < 4.78 is 13.7. The lowest BCUT2D eigenvalue weighted by Gasteiger charge is -2.11. The van der Waals surface area contributed by atoms with Crippen molar-refractivity contribution >= 4 is 40.0 Å². The van der Waals surface area contributed by atoms with Gasteiger partial charge in [-0.3, -0.25) is 10.4 Å². The number of hydrogen-bond acceptors (Lipinski definition) is 4. The van der Waals surface area contributed by atoms with E-state index in [1.54, 1.807) is 36.5 Å². The van der Waals surface area contributed by atoms with Crippen LogP contribution in [0.4, 0.5) is 10.1 Å². The number of halogens is 1. The number of rotatable bonds is 3. The first kappa shape index (κ1) is 15.1. The first-order valence-electron chi connectivity index (χ1n) is 6.30. The van der Waals surface area contributed by atoms with Crippen molar-refractivity contribution < 1.29 is 4.39 Å². The highest BCUT2D eigenvalue weighted by Crippen LogP contribution is 2.26. The molecule has 0 spiro atoms. The Hall–Kier alpha value is -2.28. The second kappa shape index (κ2) is 6.45. The van der Waals surface area contributed by atoms with Crippen LogP contribution in [0, 0.1) is 5.82 Å². The summed E-state index contributed by atoms with van der Waals surface area (Å²) in [6.45, 7) is 0. The Labute approximate surface area is 127 Å². The van der Waals surface area contributed by atoms with Gasteiger partial charge in [0.2, 0.25) is 0 Å². The van der Waals surface area contributed by atoms with Gasteiger partial charge < -0.3 is 10.2 Å². The van der Waals surface area contributed by atoms with Crippen LogP contribution in [0.2, 0.25) is 0 Å². The average Bonchev–Trinajstić information content (AvgIpc) is 2.47. The molecule has 2 aromatic rings. The van der Waals surface area contributed by atoms with Crippen LogP contribution in [0.5, 0.6) is 0 Å². The second-order valence-corrected chi connectivity index (χ2v) is 4.92. The molecule has 21 heavy (non-hydrogen) atoms. The van der Waals surface area contributed by atoms with Crippen LogP contribution in [0.15, 0.2) is 29.5 Å². The largest absolute Gasteiger partial charge is 0.385 e. The Kier molecular flexibility index (Phi) is 4.64. The van der Waals surface area contributed by atoms with E-state index in [4.69, 9.17) is 12.2 Å². The summed E-state index contributed by atoms with van der Waals surface area (Å²) in [6.07, 6.45) is 3.18. The molecule has 2 N–H and O–H groups in total. The molecule has 0 saturated heterocycles. The molecule has 0 aliphatic heterocycles. The minimum absolute atomic E-state index is 0.300. The van der Waals surface area contributed by atoms with Gasteiger partial charge >= 0.3 is 0 Å². The predicted octanol–water partition coefficient (Wildman–Crippen LogP) is 2.19. The molecule has 1 aromatic heterocycles. The normalized spacial score (nSPS) is 10.9. The van der Waals surface area contributed by atoms with Crippen molar-refractivity contribution in [1.82, 2.24) is 15.3 Å². The molecule has 0 radical (unpaired) electrons. The van der Waals surface area contributed by atoms with Crippen molar-refractivity contribution in [3.63, 3.8) is 0 Å². The van der Waals surface area contributed by atoms with Gasteiger partial charge in [-0.25, -0.2) is 4.39 Å². The number of nitrogens with zero attached hydrogens (tertiary/aromatic N) is 3. The summed E-state index contributed by atoms with van der Waals surface area (Å²) in [5.41, 5.74) is 3.82. The monoisotopic (exact) mass is 305 g/mol. The number of anilines is 1. The van der Waals surface area contributed by atoms with Gasteiger partial charge in [0.25, 0.3) is 0 Å². The third kappa shape index (κ3) is 3.25. The number of nitrogens with one attached hydrogen (secondary N) is 2. The topological polar surface area (TPSA) is 52.6 Å². The number of pyridine rings is 1. The van der Waals surface area contributed by atoms with Gasteiger partial charge in [-0.1, -0.05) is 0 Å². The Morgan fingerprint density at radius 2 is 2.10 bits per heavy atom. The molecule has 0 aliphatic carbocycles. The second-order valence-electron chi connectivity index (χ2n) is 4.53. The van der Waals surface area contributed by atoms with Gasteiger partial charge in [0.15, 0.2) is 5.11 Å². The van der Waals surface area contributed by atoms with Gasteiger partial charge in [-0.2, -0.15) is 5.10 Å². The minimum Gasteiger partial charge on any atom is -0.385 e. The highest BCUT2D eigenvalue weighted by atomic mass is 32.1. The zero-order valence-electron chi connectivity index (χ0n) is 12.0. The maximum Gasteiger partial charge on any atom is 0.189 e. The van der Waals surface area contributed by atoms with Crippen molar-refractivity contribution in [1.29, 1.82) is 0 Å². The Morgan fingerprint density at radius 1 is 1.33 bits per heavy atom. The van der Waals surface area contributed by atoms with Crippen LogP contribution >= 0.6 is 12.2 Å². The molecule has 110 valence electrons. The van der Waals surface area contributed by atoms with Crippen LogP contribution in [0.1, 0.15) is 5.69 Å². The molecule has 2 rings (SSSR count). The van der Waals surface area contributed by atoms with Crippen LogP contribution in [0.25, 0.3) is 10.8 Å². The Balaban J connectivity index is 2.37. The third-order valence-corrected chi connectivity index (χ3v) is 3.39. The van der Waals surface area contributed by atoms with Crippen molar-refractivity contribution in [3.8, 4) is 0 Å². The molecule has 0 fully saturated rings. The fourth-order valence-corrected chi connectivity index (χ4v) is 1.91. The quantitative estimate of drug-likeness (QED) is 0.517. The predicted molar refractivity (Wildman–Crippen MR) is 88.3 cm³/mol. The van der Waals surface area contributed by atoms with Crippen LogP contribution in [0.3, 0.4) is 0 Å². The highest BCUT2D eigenvalue weighted by molar-refractivity contribution is 7.80. The summed E-state index contributed by atoms with van der Waals surface area (Å²) in [4.78, 5) is 5.99. The van der Waals surface area contributed by atoms with Crippen molar-refractivity contribution in [2.75, 3.05) is 26.5 Å². The van der Waals surface area contributed by atoms with E-state index in [9.17, 15) is 4.39 Å². The van der Waals surface area contributed by atoms with Crippen LogP contribution in [-0.4, -0.2) is 42.4 Å². The molecule has 0 unspecified atom stereocenters. The van der Waals surface area contributed by atoms with E-state index in [-0.39, 0.29) is 5.82 Å². The lowest BCUT2D eigenvalue weighted by Crippen LogP contribution is -2.30. The molecule has 0 atom stereocenters. The van der Waals surface area contributed by atoms with Crippen LogP contribution in [-0.2, 0) is 0 Å². The first-order chi connectivity index (χ1) is 10.0. The van der Waals surface area contributed by atoms with Crippen molar-refractivity contribution in [2.45, 2.75) is 0 Å². The number of benzene rings is 1. The van der Waals surface area contributed by atoms with Gasteiger partial charge in [0.1, 0.15) is 5.82 Å². The fourth-order valence-electron chi connectivity index (χ4n) is 1.86. The SMILES string of the molecule is CNc1c(F)ccc2c(/C=N\NC(=S)N(C)C)nccc12. The molecule has 5 nitrogen and oxygen atoms in total. The van der Waals surface area contributed by atoms with Gasteiger partial charge in [-0.15, -0.1) is 0 Å². The van der Waals surface area contributed by atoms with E-state index >= 15 is 0 Å². The summed E-state index contributed by atoms with van der Waals surface area (Å²) in [5.74, 6) is -0.300. The third-order valence-electron chi connectivity index (χ3n) is 2.93. The summed E-state index contributed by atoms with van der Waals surface area (Å²) >= 11 is 5.07. The maximum atomic E-state index is 13.7. The zero-order chi connectivity index (χ0) is 15.4. The summed E-state index contributed by atoms with van der Waals surface area (Å²) in [7, 11) is 5.33. The molecular weight excluding hydrogens is 289 g/mol. The zero-order valence-corrected chi connectivity index (χ0v) is 12.8. The van der Waals surface area contributed by atoms with E-state index in [2.05, 4.69) is 20.8 Å². The molecule has 0 saturated carbocycles. The summed E-state index contributed by atoms with van der Waals surface area (Å²) in [6, 6.07) is 4.86. The number of fused-ring (bicyclic) bond motifs is 1. The number of hydrazone groups is 1.